The van der Waals surface area contributed by atoms with Crippen molar-refractivity contribution in [2.24, 2.45) is 0 Å². The van der Waals surface area contributed by atoms with Gasteiger partial charge < -0.3 is 25.7 Å². The van der Waals surface area contributed by atoms with Gasteiger partial charge in [0.05, 0.1) is 24.2 Å². The zero-order chi connectivity index (χ0) is 39.2. The average Bonchev–Trinajstić information content (AvgIpc) is 3.98. The zero-order valence-electron chi connectivity index (χ0n) is 31.3. The number of aryl methyl sites for hydroxylation is 3. The summed E-state index contributed by atoms with van der Waals surface area (Å²) in [6.45, 7) is 2.88. The van der Waals surface area contributed by atoms with Crippen molar-refractivity contribution in [1.82, 2.24) is 14.7 Å². The molecule has 1 aliphatic heterocycles. The molecule has 1 aromatic heterocycles. The predicted molar refractivity (Wildman–Crippen MR) is 215 cm³/mol. The minimum Gasteiger partial charge on any atom is -0.480 e. The van der Waals surface area contributed by atoms with Gasteiger partial charge in [-0.3, -0.25) is 29.0 Å². The molecule has 2 heterocycles. The number of carbonyl (C=O) groups is 5. The number of aromatic carboxylic acids is 1. The van der Waals surface area contributed by atoms with Crippen LogP contribution in [0.15, 0.2) is 72.8 Å². The lowest BCUT2D eigenvalue weighted by atomic mass is 9.95. The minimum atomic E-state index is -0.944. The summed E-state index contributed by atoms with van der Waals surface area (Å²) in [4.78, 5) is 70.2. The van der Waals surface area contributed by atoms with E-state index < -0.39 is 11.9 Å². The number of hydrogen-bond acceptors (Lipinski definition) is 8. The number of aliphatic carboxylic acids is 1. The van der Waals surface area contributed by atoms with Crippen LogP contribution in [0.4, 0.5) is 10.7 Å². The fourth-order valence-corrected chi connectivity index (χ4v) is 8.82. The van der Waals surface area contributed by atoms with Crippen LogP contribution in [0.3, 0.4) is 0 Å². The van der Waals surface area contributed by atoms with Crippen molar-refractivity contribution in [3.8, 4) is 0 Å². The van der Waals surface area contributed by atoms with Crippen LogP contribution in [-0.4, -0.2) is 99.9 Å². The monoisotopic (exact) mass is 777 g/mol. The van der Waals surface area contributed by atoms with Crippen LogP contribution in [0.25, 0.3) is 0 Å². The maximum Gasteiger partial charge on any atom is 0.335 e. The molecule has 0 bridgehead atoms. The molecule has 3 amide bonds. The highest BCUT2D eigenvalue weighted by atomic mass is 32.1. The van der Waals surface area contributed by atoms with E-state index in [-0.39, 0.29) is 36.4 Å². The number of nitrogens with one attached hydrogen (secondary N) is 2. The molecule has 1 saturated heterocycles. The molecule has 3 aromatic carbocycles. The van der Waals surface area contributed by atoms with E-state index in [0.29, 0.717) is 60.6 Å². The number of rotatable bonds is 15. The Kier molecular flexibility index (Phi) is 12.2. The molecule has 12 nitrogen and oxygen atoms in total. The minimum absolute atomic E-state index is 0.0168. The quantitative estimate of drug-likeness (QED) is 0.117. The number of fused-ring (bicyclic) bond motifs is 1. The highest BCUT2D eigenvalue weighted by Gasteiger charge is 2.33. The summed E-state index contributed by atoms with van der Waals surface area (Å²) in [6.07, 6.45) is 7.22. The third-order valence-electron chi connectivity index (χ3n) is 10.8. The number of piperazine rings is 1. The summed E-state index contributed by atoms with van der Waals surface area (Å²) in [6, 6.07) is 22.4. The Hall–Kier alpha value is -5.37. The van der Waals surface area contributed by atoms with Crippen LogP contribution in [0.5, 0.6) is 0 Å². The normalized spacial score (nSPS) is 15.6. The first-order valence-corrected chi connectivity index (χ1v) is 20.1. The highest BCUT2D eigenvalue weighted by Crippen LogP contribution is 2.39. The molecule has 4 aromatic rings. The summed E-state index contributed by atoms with van der Waals surface area (Å²) < 4.78 is 0. The topological polar surface area (TPSA) is 160 Å². The summed E-state index contributed by atoms with van der Waals surface area (Å²) in [5.41, 5.74) is 5.98. The molecule has 3 aliphatic rings. The molecule has 1 saturated carbocycles. The van der Waals surface area contributed by atoms with Crippen LogP contribution in [-0.2, 0) is 41.8 Å². The summed E-state index contributed by atoms with van der Waals surface area (Å²) in [5, 5.41) is 24.9. The van der Waals surface area contributed by atoms with Gasteiger partial charge in [0.15, 0.2) is 0 Å². The van der Waals surface area contributed by atoms with Gasteiger partial charge in [-0.2, -0.15) is 0 Å². The van der Waals surface area contributed by atoms with Crippen LogP contribution < -0.4 is 10.6 Å². The smallest absolute Gasteiger partial charge is 0.335 e. The van der Waals surface area contributed by atoms with Gasteiger partial charge in [-0.05, 0) is 110 Å². The zero-order valence-corrected chi connectivity index (χ0v) is 32.1. The van der Waals surface area contributed by atoms with Gasteiger partial charge in [-0.1, -0.05) is 36.4 Å². The molecular formula is C43H47N5O7S. The number of carboxylic acids is 2. The molecule has 0 unspecified atom stereocenters. The van der Waals surface area contributed by atoms with Crippen LogP contribution in [0.2, 0.25) is 0 Å². The van der Waals surface area contributed by atoms with E-state index in [4.69, 9.17) is 10.2 Å². The number of carboxylic acid groups (broad SMARTS) is 2. The van der Waals surface area contributed by atoms with Crippen molar-refractivity contribution in [3.63, 3.8) is 0 Å². The van der Waals surface area contributed by atoms with Gasteiger partial charge >= 0.3 is 11.9 Å². The molecule has 2 fully saturated rings. The van der Waals surface area contributed by atoms with Crippen molar-refractivity contribution in [2.75, 3.05) is 49.9 Å². The molecule has 0 atom stereocenters. The lowest BCUT2D eigenvalue weighted by Crippen LogP contribution is -2.52. The Balaban J connectivity index is 0.979. The van der Waals surface area contributed by atoms with Gasteiger partial charge in [-0.25, -0.2) is 4.79 Å². The number of hydrogen-bond donors (Lipinski definition) is 4. The number of thiophene rings is 1. The van der Waals surface area contributed by atoms with E-state index in [2.05, 4.69) is 15.5 Å². The average molecular weight is 778 g/mol. The van der Waals surface area contributed by atoms with E-state index in [9.17, 15) is 24.0 Å². The summed E-state index contributed by atoms with van der Waals surface area (Å²) in [5.74, 6) is -2.33. The molecule has 13 heteroatoms. The summed E-state index contributed by atoms with van der Waals surface area (Å²) >= 11 is 1.48. The van der Waals surface area contributed by atoms with E-state index in [1.54, 1.807) is 18.2 Å². The molecule has 0 radical (unpaired) electrons. The van der Waals surface area contributed by atoms with Crippen molar-refractivity contribution < 1.29 is 34.2 Å². The van der Waals surface area contributed by atoms with E-state index in [1.807, 2.05) is 64.4 Å². The number of amides is 3. The Bertz CT molecular complexity index is 2090. The molecule has 7 rings (SSSR count). The Morgan fingerprint density at radius 2 is 1.43 bits per heavy atom. The van der Waals surface area contributed by atoms with E-state index in [1.165, 1.54) is 11.3 Å². The van der Waals surface area contributed by atoms with Crippen molar-refractivity contribution >= 4 is 51.7 Å². The third-order valence-corrected chi connectivity index (χ3v) is 12.0. The van der Waals surface area contributed by atoms with Crippen LogP contribution in [0, 0.1) is 0 Å². The molecule has 2 aliphatic carbocycles. The Morgan fingerprint density at radius 1 is 0.750 bits per heavy atom. The first-order valence-electron chi connectivity index (χ1n) is 19.3. The van der Waals surface area contributed by atoms with Crippen molar-refractivity contribution in [1.29, 1.82) is 0 Å². The fourth-order valence-electron chi connectivity index (χ4n) is 7.54. The first-order chi connectivity index (χ1) is 27.1. The summed E-state index contributed by atoms with van der Waals surface area (Å²) in [7, 11) is 0. The maximum absolute atomic E-state index is 13.9. The standard InChI is InChI=1S/C43H47N5O7S/c49-37(47-22-20-46(21-23-47)27-38(50)51)26-48(34-18-19-34)25-30-4-3-5-32(24-30)40(52)45-42-39(35-6-1-2-7-36(35)56-42)41(53)44-33-16-12-29(13-17-33)9-8-28-10-14-31(15-11-28)43(54)55/h3-5,10-17,24,34H,1-2,6-9,18-23,25-27H2,(H,44,53)(H,45,52)(H,50,51)(H,54,55). The molecule has 292 valence electrons. The van der Waals surface area contributed by atoms with Gasteiger partial charge in [0.25, 0.3) is 11.8 Å². The van der Waals surface area contributed by atoms with Gasteiger partial charge in [0.2, 0.25) is 5.91 Å². The number of anilines is 2. The second-order valence-electron chi connectivity index (χ2n) is 14.9. The maximum atomic E-state index is 13.9. The second kappa shape index (κ2) is 17.6. The second-order valence-corrected chi connectivity index (χ2v) is 16.0. The number of nitrogens with zero attached hydrogens (tertiary/aromatic N) is 3. The fraction of sp³-hybridized carbons (Fsp3) is 0.372. The van der Waals surface area contributed by atoms with E-state index >= 15 is 0 Å². The van der Waals surface area contributed by atoms with Gasteiger partial charge in [-0.15, -0.1) is 11.3 Å². The molecule has 4 N–H and O–H groups in total. The van der Waals surface area contributed by atoms with Crippen LogP contribution in [0.1, 0.15) is 83.9 Å². The lowest BCUT2D eigenvalue weighted by molar-refractivity contribution is -0.139. The molecular weight excluding hydrogens is 731 g/mol. The van der Waals surface area contributed by atoms with Gasteiger partial charge in [0.1, 0.15) is 5.00 Å². The van der Waals surface area contributed by atoms with Crippen LogP contribution >= 0.6 is 11.3 Å². The SMILES string of the molecule is O=C(O)CN1CCN(C(=O)CN(Cc2cccc(C(=O)Nc3sc4c(c3C(=O)Nc3ccc(CCc5ccc(C(=O)O)cc5)cc3)CCCC4)c2)C2CC2)CC1. The lowest BCUT2D eigenvalue weighted by Gasteiger charge is -2.35. The number of benzene rings is 3. The predicted octanol–water partition coefficient (Wildman–Crippen LogP) is 5.81. The Morgan fingerprint density at radius 3 is 2.09 bits per heavy atom. The van der Waals surface area contributed by atoms with Crippen molar-refractivity contribution in [2.45, 2.75) is 64.0 Å². The Labute approximate surface area is 330 Å². The molecule has 0 spiro atoms. The molecule has 56 heavy (non-hydrogen) atoms. The first kappa shape index (κ1) is 38.9. The highest BCUT2D eigenvalue weighted by molar-refractivity contribution is 7.17. The van der Waals surface area contributed by atoms with Gasteiger partial charge in [0, 0.05) is 54.9 Å². The largest absolute Gasteiger partial charge is 0.480 e. The van der Waals surface area contributed by atoms with Crippen molar-refractivity contribution in [3.05, 3.63) is 117 Å². The number of carbonyl (C=O) groups excluding carboxylic acids is 3. The van der Waals surface area contributed by atoms with E-state index in [0.717, 1.165) is 78.5 Å². The third kappa shape index (κ3) is 9.89.